The number of hydrogen-bond acceptors (Lipinski definition) is 4. The van der Waals surface area contributed by atoms with E-state index in [9.17, 15) is 4.79 Å². The van der Waals surface area contributed by atoms with Gasteiger partial charge in [0.2, 0.25) is 0 Å². The van der Waals surface area contributed by atoms with Gasteiger partial charge in [0, 0.05) is 17.1 Å². The summed E-state index contributed by atoms with van der Waals surface area (Å²) in [5.74, 6) is 0. The number of piperidine rings is 1. The standard InChI is InChI=1S/C15H17ClN4O/c1-19-10-3-4-11(19)8-12(7-10)20-15(21)13-6-9(16)2-5-14(13)17-18-20/h2,5-6,10-12H,3-4,7-8H2,1H3. The fourth-order valence-corrected chi connectivity index (χ4v) is 4.02. The minimum Gasteiger partial charge on any atom is -0.300 e. The number of hydrogen-bond donors (Lipinski definition) is 0. The van der Waals surface area contributed by atoms with E-state index >= 15 is 0 Å². The number of halogens is 1. The first-order valence-electron chi connectivity index (χ1n) is 7.40. The van der Waals surface area contributed by atoms with Crippen LogP contribution in [0.4, 0.5) is 0 Å². The van der Waals surface area contributed by atoms with Crippen molar-refractivity contribution in [3.05, 3.63) is 33.6 Å². The van der Waals surface area contributed by atoms with Gasteiger partial charge in [-0.3, -0.25) is 4.79 Å². The first-order valence-corrected chi connectivity index (χ1v) is 7.78. The van der Waals surface area contributed by atoms with Crippen molar-refractivity contribution < 1.29 is 0 Å². The second kappa shape index (κ2) is 4.78. The Morgan fingerprint density at radius 2 is 1.90 bits per heavy atom. The van der Waals surface area contributed by atoms with E-state index in [1.807, 2.05) is 0 Å². The summed E-state index contributed by atoms with van der Waals surface area (Å²) in [6.07, 6.45) is 4.40. The van der Waals surface area contributed by atoms with Crippen molar-refractivity contribution in [3.63, 3.8) is 0 Å². The summed E-state index contributed by atoms with van der Waals surface area (Å²) in [5, 5.41) is 9.48. The Labute approximate surface area is 127 Å². The molecule has 0 radical (unpaired) electrons. The molecule has 3 heterocycles. The van der Waals surface area contributed by atoms with Gasteiger partial charge in [0.15, 0.2) is 0 Å². The Hall–Kier alpha value is -1.46. The molecule has 2 unspecified atom stereocenters. The van der Waals surface area contributed by atoms with Crippen LogP contribution in [-0.4, -0.2) is 39.0 Å². The van der Waals surface area contributed by atoms with Gasteiger partial charge in [-0.1, -0.05) is 16.8 Å². The Bertz CT molecular complexity index is 745. The second-order valence-electron chi connectivity index (χ2n) is 6.18. The van der Waals surface area contributed by atoms with Crippen molar-refractivity contribution in [2.24, 2.45) is 0 Å². The lowest BCUT2D eigenvalue weighted by atomic mass is 9.98. The van der Waals surface area contributed by atoms with Crippen LogP contribution in [0, 0.1) is 0 Å². The van der Waals surface area contributed by atoms with E-state index in [4.69, 9.17) is 11.6 Å². The fraction of sp³-hybridized carbons (Fsp3) is 0.533. The highest BCUT2D eigenvalue weighted by atomic mass is 35.5. The number of nitrogens with zero attached hydrogens (tertiary/aromatic N) is 4. The van der Waals surface area contributed by atoms with Crippen molar-refractivity contribution in [1.29, 1.82) is 0 Å². The van der Waals surface area contributed by atoms with Crippen LogP contribution in [0.1, 0.15) is 31.7 Å². The number of aromatic nitrogens is 3. The Kier molecular flexibility index (Phi) is 3.01. The van der Waals surface area contributed by atoms with Gasteiger partial charge in [0.1, 0.15) is 5.52 Å². The van der Waals surface area contributed by atoms with Crippen molar-refractivity contribution in [2.75, 3.05) is 7.05 Å². The number of fused-ring (bicyclic) bond motifs is 3. The lowest BCUT2D eigenvalue weighted by molar-refractivity contribution is 0.128. The minimum absolute atomic E-state index is 0.0727. The highest BCUT2D eigenvalue weighted by Gasteiger charge is 2.39. The zero-order valence-corrected chi connectivity index (χ0v) is 12.6. The zero-order chi connectivity index (χ0) is 14.6. The predicted octanol–water partition coefficient (Wildman–Crippen LogP) is 2.24. The van der Waals surface area contributed by atoms with E-state index in [0.29, 0.717) is 28.0 Å². The van der Waals surface area contributed by atoms with Crippen LogP contribution in [0.25, 0.3) is 10.9 Å². The quantitative estimate of drug-likeness (QED) is 0.811. The SMILES string of the molecule is CN1C2CCC1CC(n1nnc3ccc(Cl)cc3c1=O)C2. The fourth-order valence-electron chi connectivity index (χ4n) is 3.85. The van der Waals surface area contributed by atoms with Gasteiger partial charge in [0.05, 0.1) is 11.4 Å². The van der Waals surface area contributed by atoms with E-state index in [-0.39, 0.29) is 11.6 Å². The second-order valence-corrected chi connectivity index (χ2v) is 6.61. The lowest BCUT2D eigenvalue weighted by Crippen LogP contribution is -2.43. The van der Waals surface area contributed by atoms with Crippen LogP contribution < -0.4 is 5.56 Å². The third-order valence-corrected chi connectivity index (χ3v) is 5.30. The molecule has 2 atom stereocenters. The maximum absolute atomic E-state index is 12.7. The van der Waals surface area contributed by atoms with Gasteiger partial charge in [-0.15, -0.1) is 5.10 Å². The molecular formula is C15H17ClN4O. The Morgan fingerprint density at radius 1 is 1.19 bits per heavy atom. The summed E-state index contributed by atoms with van der Waals surface area (Å²) in [6.45, 7) is 0. The van der Waals surface area contributed by atoms with Crippen molar-refractivity contribution >= 4 is 22.5 Å². The molecule has 0 saturated carbocycles. The van der Waals surface area contributed by atoms with Crippen LogP contribution >= 0.6 is 11.6 Å². The Balaban J connectivity index is 1.77. The van der Waals surface area contributed by atoms with Crippen molar-refractivity contribution in [3.8, 4) is 0 Å². The van der Waals surface area contributed by atoms with Crippen LogP contribution in [0.3, 0.4) is 0 Å². The molecule has 0 aliphatic carbocycles. The molecule has 4 rings (SSSR count). The third-order valence-electron chi connectivity index (χ3n) is 5.07. The zero-order valence-electron chi connectivity index (χ0n) is 11.9. The average Bonchev–Trinajstić information content (AvgIpc) is 2.70. The van der Waals surface area contributed by atoms with Crippen molar-refractivity contribution in [1.82, 2.24) is 19.9 Å². The molecule has 2 aliphatic heterocycles. The molecular weight excluding hydrogens is 288 g/mol. The largest absolute Gasteiger partial charge is 0.300 e. The molecule has 2 aliphatic rings. The summed E-state index contributed by atoms with van der Waals surface area (Å²) in [4.78, 5) is 15.1. The van der Waals surface area contributed by atoms with Gasteiger partial charge in [-0.05, 0) is 50.9 Å². The predicted molar refractivity (Wildman–Crippen MR) is 81.7 cm³/mol. The first kappa shape index (κ1) is 13.2. The molecule has 2 aromatic rings. The highest BCUT2D eigenvalue weighted by molar-refractivity contribution is 6.31. The van der Waals surface area contributed by atoms with Crippen LogP contribution in [-0.2, 0) is 0 Å². The summed E-state index contributed by atoms with van der Waals surface area (Å²) in [6, 6.07) is 6.46. The van der Waals surface area contributed by atoms with E-state index < -0.39 is 0 Å². The molecule has 1 aromatic carbocycles. The number of rotatable bonds is 1. The number of benzene rings is 1. The molecule has 1 aromatic heterocycles. The molecule has 0 amide bonds. The van der Waals surface area contributed by atoms with Gasteiger partial charge in [0.25, 0.3) is 5.56 Å². The van der Waals surface area contributed by atoms with E-state index in [0.717, 1.165) is 12.8 Å². The summed E-state index contributed by atoms with van der Waals surface area (Å²) >= 11 is 6.00. The van der Waals surface area contributed by atoms with Gasteiger partial charge < -0.3 is 4.90 Å². The summed E-state index contributed by atoms with van der Waals surface area (Å²) in [7, 11) is 2.19. The molecule has 21 heavy (non-hydrogen) atoms. The van der Waals surface area contributed by atoms with Gasteiger partial charge in [-0.2, -0.15) is 0 Å². The molecule has 0 spiro atoms. The van der Waals surface area contributed by atoms with Gasteiger partial charge >= 0.3 is 0 Å². The van der Waals surface area contributed by atoms with Crippen LogP contribution in [0.15, 0.2) is 23.0 Å². The monoisotopic (exact) mass is 304 g/mol. The summed E-state index contributed by atoms with van der Waals surface area (Å²) in [5.41, 5.74) is 0.535. The molecule has 2 bridgehead atoms. The topological polar surface area (TPSA) is 51.0 Å². The minimum atomic E-state index is -0.0727. The van der Waals surface area contributed by atoms with E-state index in [1.54, 1.807) is 22.9 Å². The first-order chi connectivity index (χ1) is 10.1. The average molecular weight is 305 g/mol. The maximum atomic E-state index is 12.7. The summed E-state index contributed by atoms with van der Waals surface area (Å²) < 4.78 is 1.58. The van der Waals surface area contributed by atoms with Gasteiger partial charge in [-0.25, -0.2) is 4.68 Å². The Morgan fingerprint density at radius 3 is 2.62 bits per heavy atom. The van der Waals surface area contributed by atoms with Crippen LogP contribution in [0.5, 0.6) is 0 Å². The highest BCUT2D eigenvalue weighted by Crippen LogP contribution is 2.38. The van der Waals surface area contributed by atoms with Crippen molar-refractivity contribution in [2.45, 2.75) is 43.8 Å². The van der Waals surface area contributed by atoms with E-state index in [2.05, 4.69) is 22.3 Å². The molecule has 5 nitrogen and oxygen atoms in total. The molecule has 2 saturated heterocycles. The van der Waals surface area contributed by atoms with E-state index in [1.165, 1.54) is 12.8 Å². The maximum Gasteiger partial charge on any atom is 0.277 e. The molecule has 2 fully saturated rings. The third kappa shape index (κ3) is 2.07. The molecule has 6 heteroatoms. The smallest absolute Gasteiger partial charge is 0.277 e. The normalized spacial score (nSPS) is 29.1. The molecule has 0 N–H and O–H groups in total. The molecule has 110 valence electrons. The van der Waals surface area contributed by atoms with Crippen LogP contribution in [0.2, 0.25) is 5.02 Å². The lowest BCUT2D eigenvalue weighted by Gasteiger charge is -2.36.